The quantitative estimate of drug-likeness (QED) is 0.689. The standard InChI is InChI=1S/C11H15NO/c1-5-9-6-8(2)10(12-7-9)11(3,4)13/h5,7,13H,1-2,6H2,3-4H3. The van der Waals surface area contributed by atoms with Gasteiger partial charge in [0, 0.05) is 12.6 Å². The third-order valence-corrected chi connectivity index (χ3v) is 1.95. The van der Waals surface area contributed by atoms with Gasteiger partial charge in [0.2, 0.25) is 0 Å². The summed E-state index contributed by atoms with van der Waals surface area (Å²) in [6, 6.07) is 0. The fraction of sp³-hybridized carbons (Fsp3) is 0.364. The smallest absolute Gasteiger partial charge is 0.101 e. The van der Waals surface area contributed by atoms with Crippen LogP contribution in [0.4, 0.5) is 0 Å². The number of aliphatic imine (C=N–C) groups is 1. The molecule has 70 valence electrons. The summed E-state index contributed by atoms with van der Waals surface area (Å²) >= 11 is 0. The van der Waals surface area contributed by atoms with E-state index in [2.05, 4.69) is 18.2 Å². The lowest BCUT2D eigenvalue weighted by Gasteiger charge is -2.24. The Morgan fingerprint density at radius 3 is 2.62 bits per heavy atom. The zero-order chi connectivity index (χ0) is 10.1. The maximum absolute atomic E-state index is 9.73. The third-order valence-electron chi connectivity index (χ3n) is 1.95. The molecule has 0 atom stereocenters. The highest BCUT2D eigenvalue weighted by atomic mass is 16.3. The summed E-state index contributed by atoms with van der Waals surface area (Å²) in [6.07, 6.45) is 4.22. The molecule has 13 heavy (non-hydrogen) atoms. The van der Waals surface area contributed by atoms with Crippen LogP contribution in [0.3, 0.4) is 0 Å². The summed E-state index contributed by atoms with van der Waals surface area (Å²) in [5.41, 5.74) is 1.67. The third kappa shape index (κ3) is 2.16. The summed E-state index contributed by atoms with van der Waals surface area (Å²) < 4.78 is 0. The molecule has 1 N–H and O–H groups in total. The summed E-state index contributed by atoms with van der Waals surface area (Å²) in [6.45, 7) is 11.0. The van der Waals surface area contributed by atoms with E-state index in [9.17, 15) is 5.11 Å². The Labute approximate surface area is 79.0 Å². The van der Waals surface area contributed by atoms with E-state index in [1.54, 1.807) is 26.1 Å². The van der Waals surface area contributed by atoms with E-state index in [0.717, 1.165) is 17.6 Å². The second-order valence-corrected chi connectivity index (χ2v) is 3.73. The maximum atomic E-state index is 9.73. The Kier molecular flexibility index (Phi) is 2.52. The molecule has 2 heteroatoms. The van der Waals surface area contributed by atoms with E-state index < -0.39 is 5.60 Å². The second-order valence-electron chi connectivity index (χ2n) is 3.73. The molecule has 0 aliphatic carbocycles. The number of allylic oxidation sites excluding steroid dienone is 2. The molecule has 0 aromatic carbocycles. The maximum Gasteiger partial charge on any atom is 0.101 e. The van der Waals surface area contributed by atoms with Crippen LogP contribution in [0.15, 0.2) is 41.6 Å². The van der Waals surface area contributed by atoms with Gasteiger partial charge in [-0.1, -0.05) is 19.2 Å². The van der Waals surface area contributed by atoms with Gasteiger partial charge in [-0.3, -0.25) is 4.99 Å². The highest BCUT2D eigenvalue weighted by molar-refractivity contribution is 6.06. The molecule has 1 heterocycles. The van der Waals surface area contributed by atoms with Crippen LogP contribution in [0, 0.1) is 0 Å². The van der Waals surface area contributed by atoms with E-state index in [4.69, 9.17) is 0 Å². The first-order chi connectivity index (χ1) is 5.95. The minimum atomic E-state index is -0.902. The first-order valence-electron chi connectivity index (χ1n) is 4.25. The molecule has 1 rings (SSSR count). The molecular weight excluding hydrogens is 162 g/mol. The van der Waals surface area contributed by atoms with Crippen LogP contribution < -0.4 is 0 Å². The molecule has 0 saturated heterocycles. The average Bonchev–Trinajstić information content (AvgIpc) is 2.01. The number of nitrogens with zero attached hydrogens (tertiary/aromatic N) is 1. The molecule has 0 amide bonds. The normalized spacial score (nSPS) is 17.9. The van der Waals surface area contributed by atoms with Gasteiger partial charge in [0.1, 0.15) is 5.60 Å². The van der Waals surface area contributed by atoms with Gasteiger partial charge in [0.05, 0.1) is 5.71 Å². The zero-order valence-electron chi connectivity index (χ0n) is 8.17. The van der Waals surface area contributed by atoms with E-state index in [-0.39, 0.29) is 0 Å². The van der Waals surface area contributed by atoms with Crippen molar-refractivity contribution in [3.63, 3.8) is 0 Å². The van der Waals surface area contributed by atoms with Crippen LogP contribution in [0.1, 0.15) is 20.3 Å². The predicted molar refractivity (Wildman–Crippen MR) is 55.8 cm³/mol. The lowest BCUT2D eigenvalue weighted by atomic mass is 9.91. The molecule has 0 saturated carbocycles. The van der Waals surface area contributed by atoms with Gasteiger partial charge in [-0.05, 0) is 25.0 Å². The Balaban J connectivity index is 3.01. The first kappa shape index (κ1) is 9.93. The molecule has 0 aromatic rings. The topological polar surface area (TPSA) is 32.6 Å². The molecule has 1 aliphatic rings. The summed E-state index contributed by atoms with van der Waals surface area (Å²) in [5.74, 6) is 0. The molecule has 1 aliphatic heterocycles. The predicted octanol–water partition coefficient (Wildman–Crippen LogP) is 2.23. The molecule has 0 spiro atoms. The average molecular weight is 177 g/mol. The molecular formula is C11H15NO. The lowest BCUT2D eigenvalue weighted by Crippen LogP contribution is -2.33. The largest absolute Gasteiger partial charge is 0.384 e. The molecule has 0 unspecified atom stereocenters. The van der Waals surface area contributed by atoms with E-state index in [1.807, 2.05) is 0 Å². The van der Waals surface area contributed by atoms with Crippen molar-refractivity contribution in [1.82, 2.24) is 0 Å². The van der Waals surface area contributed by atoms with Crippen molar-refractivity contribution >= 4 is 5.71 Å². The van der Waals surface area contributed by atoms with Crippen molar-refractivity contribution in [1.29, 1.82) is 0 Å². The van der Waals surface area contributed by atoms with Gasteiger partial charge in [-0.2, -0.15) is 0 Å². The molecule has 2 nitrogen and oxygen atoms in total. The fourth-order valence-corrected chi connectivity index (χ4v) is 1.33. The molecule has 0 aromatic heterocycles. The highest BCUT2D eigenvalue weighted by Gasteiger charge is 2.25. The minimum absolute atomic E-state index is 0.665. The van der Waals surface area contributed by atoms with Crippen molar-refractivity contribution in [3.8, 4) is 0 Å². The number of hydrogen-bond donors (Lipinski definition) is 1. The zero-order valence-corrected chi connectivity index (χ0v) is 8.17. The number of rotatable bonds is 2. The van der Waals surface area contributed by atoms with Crippen LogP contribution in [0.5, 0.6) is 0 Å². The monoisotopic (exact) mass is 177 g/mol. The molecule has 0 fully saturated rings. The van der Waals surface area contributed by atoms with Gasteiger partial charge in [-0.25, -0.2) is 0 Å². The molecule has 0 radical (unpaired) electrons. The Bertz CT molecular complexity index is 303. The first-order valence-corrected chi connectivity index (χ1v) is 4.25. The second kappa shape index (κ2) is 3.30. The highest BCUT2D eigenvalue weighted by Crippen LogP contribution is 2.23. The Morgan fingerprint density at radius 1 is 1.62 bits per heavy atom. The fourth-order valence-electron chi connectivity index (χ4n) is 1.33. The van der Waals surface area contributed by atoms with Crippen molar-refractivity contribution < 1.29 is 5.11 Å². The van der Waals surface area contributed by atoms with Crippen LogP contribution in [-0.4, -0.2) is 16.4 Å². The van der Waals surface area contributed by atoms with Gasteiger partial charge in [0.25, 0.3) is 0 Å². The summed E-state index contributed by atoms with van der Waals surface area (Å²) in [4.78, 5) is 4.17. The van der Waals surface area contributed by atoms with Gasteiger partial charge >= 0.3 is 0 Å². The summed E-state index contributed by atoms with van der Waals surface area (Å²) in [5, 5.41) is 9.73. The molecule has 0 bridgehead atoms. The van der Waals surface area contributed by atoms with E-state index in [1.165, 1.54) is 0 Å². The van der Waals surface area contributed by atoms with Gasteiger partial charge < -0.3 is 5.11 Å². The van der Waals surface area contributed by atoms with Crippen LogP contribution in [-0.2, 0) is 0 Å². The minimum Gasteiger partial charge on any atom is -0.384 e. The number of hydrogen-bond acceptors (Lipinski definition) is 2. The SMILES string of the molecule is C=CC1=CN=C(C(C)(C)O)C(=C)C1. The summed E-state index contributed by atoms with van der Waals surface area (Å²) in [7, 11) is 0. The van der Waals surface area contributed by atoms with Crippen LogP contribution >= 0.6 is 0 Å². The van der Waals surface area contributed by atoms with Crippen molar-refractivity contribution in [2.45, 2.75) is 25.9 Å². The Morgan fingerprint density at radius 2 is 2.23 bits per heavy atom. The number of aliphatic hydroxyl groups is 1. The van der Waals surface area contributed by atoms with Gasteiger partial charge in [-0.15, -0.1) is 0 Å². The van der Waals surface area contributed by atoms with Crippen molar-refractivity contribution in [3.05, 3.63) is 36.6 Å². The Hall–Kier alpha value is -1.15. The van der Waals surface area contributed by atoms with E-state index >= 15 is 0 Å². The van der Waals surface area contributed by atoms with Crippen molar-refractivity contribution in [2.75, 3.05) is 0 Å². The van der Waals surface area contributed by atoms with Crippen molar-refractivity contribution in [2.24, 2.45) is 4.99 Å². The van der Waals surface area contributed by atoms with E-state index in [0.29, 0.717) is 5.71 Å². The van der Waals surface area contributed by atoms with Crippen LogP contribution in [0.2, 0.25) is 0 Å². The van der Waals surface area contributed by atoms with Crippen LogP contribution in [0.25, 0.3) is 0 Å². The lowest BCUT2D eigenvalue weighted by molar-refractivity contribution is 0.154. The van der Waals surface area contributed by atoms with Gasteiger partial charge in [0.15, 0.2) is 0 Å².